The number of nitro groups is 1. The number of nitro benzene ring substituents is 1. The topological polar surface area (TPSA) is 97.5 Å². The Morgan fingerprint density at radius 1 is 1.22 bits per heavy atom. The van der Waals surface area contributed by atoms with Gasteiger partial charge in [-0.3, -0.25) is 14.9 Å². The summed E-state index contributed by atoms with van der Waals surface area (Å²) in [5.74, 6) is -0.165. The molecule has 9 heteroatoms. The minimum atomic E-state index is -0.494. The average Bonchev–Trinajstić information content (AvgIpc) is 3.16. The zero-order valence-corrected chi connectivity index (χ0v) is 15.6. The number of amides is 1. The highest BCUT2D eigenvalue weighted by molar-refractivity contribution is 8.01. The van der Waals surface area contributed by atoms with Crippen LogP contribution in [0.1, 0.15) is 5.56 Å². The fraction of sp³-hybridized carbons (Fsp3) is 0.0556. The van der Waals surface area contributed by atoms with Crippen LogP contribution in [0, 0.1) is 10.1 Å². The molecule has 0 radical (unpaired) electrons. The third-order valence-corrected chi connectivity index (χ3v) is 5.43. The molecule has 0 unspecified atom stereocenters. The fourth-order valence-corrected chi connectivity index (χ4v) is 3.79. The summed E-state index contributed by atoms with van der Waals surface area (Å²) in [5, 5.41) is 16.7. The van der Waals surface area contributed by atoms with Crippen LogP contribution in [0.15, 0.2) is 69.4 Å². The van der Waals surface area contributed by atoms with Crippen LogP contribution >= 0.6 is 23.1 Å². The van der Waals surface area contributed by atoms with Gasteiger partial charge in [-0.15, -0.1) is 11.3 Å². The molecule has 0 aliphatic carbocycles. The molecule has 1 N–H and O–H groups in total. The smallest absolute Gasteiger partial charge is 0.272 e. The van der Waals surface area contributed by atoms with Gasteiger partial charge < -0.3 is 0 Å². The molecular weight excluding hydrogens is 384 g/mol. The molecule has 3 rings (SSSR count). The highest BCUT2D eigenvalue weighted by atomic mass is 32.2. The second-order valence-electron chi connectivity index (χ2n) is 5.26. The lowest BCUT2D eigenvalue weighted by atomic mass is 10.2. The lowest BCUT2D eigenvalue weighted by molar-refractivity contribution is -0.385. The number of hydrogen-bond donors (Lipinski definition) is 1. The number of benzene rings is 2. The second kappa shape index (κ2) is 9.06. The number of thiazole rings is 1. The van der Waals surface area contributed by atoms with Gasteiger partial charge in [0.1, 0.15) is 0 Å². The highest BCUT2D eigenvalue weighted by Gasteiger charge is 2.10. The maximum absolute atomic E-state index is 11.9. The van der Waals surface area contributed by atoms with Crippen LogP contribution in [0.5, 0.6) is 0 Å². The maximum Gasteiger partial charge on any atom is 0.278 e. The van der Waals surface area contributed by atoms with Gasteiger partial charge in [-0.05, 0) is 6.07 Å². The van der Waals surface area contributed by atoms with Crippen molar-refractivity contribution in [1.82, 2.24) is 10.4 Å². The van der Waals surface area contributed by atoms with Crippen molar-refractivity contribution in [3.05, 3.63) is 75.7 Å². The number of para-hydroxylation sites is 1. The molecule has 0 spiro atoms. The number of hydrazone groups is 1. The molecule has 0 aliphatic rings. The van der Waals surface area contributed by atoms with E-state index in [-0.39, 0.29) is 17.3 Å². The van der Waals surface area contributed by atoms with Crippen molar-refractivity contribution in [3.8, 4) is 11.3 Å². The quantitative estimate of drug-likeness (QED) is 0.281. The largest absolute Gasteiger partial charge is 0.278 e. The van der Waals surface area contributed by atoms with E-state index in [2.05, 4.69) is 15.5 Å². The predicted molar refractivity (Wildman–Crippen MR) is 107 cm³/mol. The van der Waals surface area contributed by atoms with Crippen molar-refractivity contribution >= 4 is 40.9 Å². The third-order valence-electron chi connectivity index (χ3n) is 3.41. The highest BCUT2D eigenvalue weighted by Crippen LogP contribution is 2.27. The summed E-state index contributed by atoms with van der Waals surface area (Å²) in [6, 6.07) is 16.0. The van der Waals surface area contributed by atoms with Crippen molar-refractivity contribution in [1.29, 1.82) is 0 Å². The molecule has 27 heavy (non-hydrogen) atoms. The van der Waals surface area contributed by atoms with E-state index in [0.717, 1.165) is 15.6 Å². The lowest BCUT2D eigenvalue weighted by Crippen LogP contribution is -2.19. The normalized spacial score (nSPS) is 10.8. The number of carbonyl (C=O) groups is 1. The second-order valence-corrected chi connectivity index (χ2v) is 7.34. The Labute approximate surface area is 163 Å². The number of nitrogens with one attached hydrogen (secondary N) is 1. The molecule has 2 aromatic carbocycles. The van der Waals surface area contributed by atoms with Crippen molar-refractivity contribution in [2.24, 2.45) is 5.10 Å². The first-order valence-electron chi connectivity index (χ1n) is 7.82. The first-order chi connectivity index (χ1) is 13.1. The van der Waals surface area contributed by atoms with Gasteiger partial charge in [-0.1, -0.05) is 54.2 Å². The number of carbonyl (C=O) groups excluding carboxylic acids is 1. The van der Waals surface area contributed by atoms with Gasteiger partial charge in [0.05, 0.1) is 28.1 Å². The predicted octanol–water partition coefficient (Wildman–Crippen LogP) is 3.96. The zero-order chi connectivity index (χ0) is 19.1. The summed E-state index contributed by atoms with van der Waals surface area (Å²) in [7, 11) is 0. The third kappa shape index (κ3) is 5.22. The molecule has 3 aromatic rings. The minimum absolute atomic E-state index is 0.0684. The van der Waals surface area contributed by atoms with Gasteiger partial charge >= 0.3 is 0 Å². The standard InChI is InChI=1S/C18H14N4O3S2/c23-17(21-19-10-14-8-4-5-9-16(14)22(24)25)12-27-18-20-15(11-26-18)13-6-2-1-3-7-13/h1-11H,12H2,(H,21,23)/b19-10+. The van der Waals surface area contributed by atoms with Crippen molar-refractivity contribution in [2.45, 2.75) is 4.34 Å². The van der Waals surface area contributed by atoms with Crippen LogP contribution < -0.4 is 5.43 Å². The summed E-state index contributed by atoms with van der Waals surface area (Å²) in [6.45, 7) is 0. The Morgan fingerprint density at radius 3 is 2.74 bits per heavy atom. The van der Waals surface area contributed by atoms with Crippen LogP contribution in [0.2, 0.25) is 0 Å². The van der Waals surface area contributed by atoms with Gasteiger partial charge in [-0.25, -0.2) is 10.4 Å². The van der Waals surface area contributed by atoms with E-state index < -0.39 is 4.92 Å². The van der Waals surface area contributed by atoms with Gasteiger partial charge in [0.15, 0.2) is 4.34 Å². The molecule has 1 heterocycles. The molecule has 0 fully saturated rings. The van der Waals surface area contributed by atoms with Gasteiger partial charge in [0.25, 0.3) is 11.6 Å². The summed E-state index contributed by atoms with van der Waals surface area (Å²) < 4.78 is 0.784. The first-order valence-corrected chi connectivity index (χ1v) is 9.69. The zero-order valence-electron chi connectivity index (χ0n) is 13.9. The first kappa shape index (κ1) is 18.7. The minimum Gasteiger partial charge on any atom is -0.272 e. The molecule has 0 bridgehead atoms. The van der Waals surface area contributed by atoms with E-state index in [1.807, 2.05) is 35.7 Å². The molecule has 0 saturated heterocycles. The molecule has 7 nitrogen and oxygen atoms in total. The van der Waals surface area contributed by atoms with E-state index in [0.29, 0.717) is 5.56 Å². The summed E-state index contributed by atoms with van der Waals surface area (Å²) >= 11 is 2.78. The molecule has 0 atom stereocenters. The average molecular weight is 398 g/mol. The van der Waals surface area contributed by atoms with Crippen LogP contribution in [0.25, 0.3) is 11.3 Å². The van der Waals surface area contributed by atoms with E-state index >= 15 is 0 Å². The van der Waals surface area contributed by atoms with Crippen molar-refractivity contribution < 1.29 is 9.72 Å². The summed E-state index contributed by atoms with van der Waals surface area (Å²) in [4.78, 5) is 26.8. The monoisotopic (exact) mass is 398 g/mol. The summed E-state index contributed by atoms with van der Waals surface area (Å²) in [5.41, 5.74) is 4.52. The van der Waals surface area contributed by atoms with Crippen molar-refractivity contribution in [2.75, 3.05) is 5.75 Å². The molecule has 1 amide bonds. The van der Waals surface area contributed by atoms with Crippen LogP contribution in [0.3, 0.4) is 0 Å². The van der Waals surface area contributed by atoms with Crippen LogP contribution in [-0.4, -0.2) is 27.8 Å². The van der Waals surface area contributed by atoms with E-state index in [1.54, 1.807) is 18.2 Å². The maximum atomic E-state index is 11.9. The number of rotatable bonds is 7. The Kier molecular flexibility index (Phi) is 6.29. The van der Waals surface area contributed by atoms with Gasteiger partial charge in [-0.2, -0.15) is 5.10 Å². The Balaban J connectivity index is 1.52. The van der Waals surface area contributed by atoms with Gasteiger partial charge in [0, 0.05) is 17.0 Å². The molecule has 0 aliphatic heterocycles. The Morgan fingerprint density at radius 2 is 1.96 bits per heavy atom. The number of hydrogen-bond acceptors (Lipinski definition) is 7. The fourth-order valence-electron chi connectivity index (χ4n) is 2.16. The number of aromatic nitrogens is 1. The van der Waals surface area contributed by atoms with E-state index in [9.17, 15) is 14.9 Å². The van der Waals surface area contributed by atoms with Crippen LogP contribution in [-0.2, 0) is 4.79 Å². The lowest BCUT2D eigenvalue weighted by Gasteiger charge is -1.99. The molecule has 136 valence electrons. The Hall–Kier alpha value is -3.04. The van der Waals surface area contributed by atoms with E-state index in [4.69, 9.17) is 0 Å². The van der Waals surface area contributed by atoms with Crippen molar-refractivity contribution in [3.63, 3.8) is 0 Å². The Bertz CT molecular complexity index is 974. The SMILES string of the molecule is O=C(CSc1nc(-c2ccccc2)cs1)N/N=C/c1ccccc1[N+](=O)[O-]. The molecule has 1 aromatic heterocycles. The van der Waals surface area contributed by atoms with Crippen LogP contribution in [0.4, 0.5) is 5.69 Å². The molecular formula is C18H14N4O3S2. The van der Waals surface area contributed by atoms with Gasteiger partial charge in [0.2, 0.25) is 0 Å². The van der Waals surface area contributed by atoms with E-state index in [1.165, 1.54) is 35.4 Å². The number of thioether (sulfide) groups is 1. The molecule has 0 saturated carbocycles. The number of nitrogens with zero attached hydrogens (tertiary/aromatic N) is 3. The summed E-state index contributed by atoms with van der Waals surface area (Å²) in [6.07, 6.45) is 1.26.